The fraction of sp³-hybridized carbons (Fsp3) is 0. The monoisotopic (exact) mass is 256 g/mol. The molecule has 0 fully saturated rings. The van der Waals surface area contributed by atoms with Crippen LogP contribution in [0.1, 0.15) is 31.8 Å². The first-order valence-corrected chi connectivity index (χ1v) is 5.48. The van der Waals surface area contributed by atoms with E-state index in [9.17, 15) is 24.9 Å². The molecule has 94 valence electrons. The molecule has 0 bridgehead atoms. The van der Waals surface area contributed by atoms with Crippen LogP contribution in [0, 0.1) is 0 Å². The maximum absolute atomic E-state index is 12.3. The van der Waals surface area contributed by atoms with Crippen molar-refractivity contribution in [2.24, 2.45) is 0 Å². The third kappa shape index (κ3) is 1.41. The van der Waals surface area contributed by atoms with Crippen molar-refractivity contribution in [3.8, 4) is 17.2 Å². The molecular formula is C14H8O5. The highest BCUT2D eigenvalue weighted by Crippen LogP contribution is 2.38. The van der Waals surface area contributed by atoms with Gasteiger partial charge in [-0.15, -0.1) is 0 Å². The fourth-order valence-corrected chi connectivity index (χ4v) is 2.27. The molecule has 0 saturated carbocycles. The highest BCUT2D eigenvalue weighted by molar-refractivity contribution is 6.30. The summed E-state index contributed by atoms with van der Waals surface area (Å²) in [5.74, 6) is -2.26. The van der Waals surface area contributed by atoms with Crippen molar-refractivity contribution < 1.29 is 24.9 Å². The Labute approximate surface area is 107 Å². The molecule has 0 aromatic heterocycles. The fourth-order valence-electron chi connectivity index (χ4n) is 2.27. The van der Waals surface area contributed by atoms with Crippen molar-refractivity contribution in [2.75, 3.05) is 0 Å². The van der Waals surface area contributed by atoms with Crippen LogP contribution in [0.15, 0.2) is 30.3 Å². The Hall–Kier alpha value is -2.82. The molecular weight excluding hydrogens is 248 g/mol. The molecule has 19 heavy (non-hydrogen) atoms. The van der Waals surface area contributed by atoms with E-state index in [-0.39, 0.29) is 33.8 Å². The highest BCUT2D eigenvalue weighted by Gasteiger charge is 2.34. The second kappa shape index (κ2) is 3.58. The van der Waals surface area contributed by atoms with Gasteiger partial charge in [-0.3, -0.25) is 9.59 Å². The third-order valence-corrected chi connectivity index (χ3v) is 3.09. The minimum atomic E-state index is -0.639. The van der Waals surface area contributed by atoms with Crippen molar-refractivity contribution in [2.45, 2.75) is 0 Å². The summed E-state index contributed by atoms with van der Waals surface area (Å²) in [4.78, 5) is 24.5. The maximum Gasteiger partial charge on any atom is 0.201 e. The molecule has 5 heteroatoms. The zero-order valence-electron chi connectivity index (χ0n) is 9.54. The van der Waals surface area contributed by atoms with Gasteiger partial charge in [-0.05, 0) is 12.1 Å². The number of carbonyl (C=O) groups is 2. The molecule has 2 aromatic rings. The largest absolute Gasteiger partial charge is 0.508 e. The number of phenols is 3. The van der Waals surface area contributed by atoms with E-state index < -0.39 is 17.3 Å². The van der Waals surface area contributed by atoms with Crippen LogP contribution in [-0.4, -0.2) is 26.9 Å². The van der Waals surface area contributed by atoms with Gasteiger partial charge in [-0.25, -0.2) is 0 Å². The zero-order valence-corrected chi connectivity index (χ0v) is 9.54. The maximum atomic E-state index is 12.3. The lowest BCUT2D eigenvalue weighted by atomic mass is 9.83. The molecule has 0 amide bonds. The molecule has 2 aromatic carbocycles. The van der Waals surface area contributed by atoms with Crippen LogP contribution in [-0.2, 0) is 0 Å². The molecule has 0 unspecified atom stereocenters. The lowest BCUT2D eigenvalue weighted by Gasteiger charge is -2.19. The second-order valence-electron chi connectivity index (χ2n) is 4.25. The number of hydrogen-bond donors (Lipinski definition) is 3. The molecule has 0 saturated heterocycles. The van der Waals surface area contributed by atoms with E-state index in [0.29, 0.717) is 0 Å². The normalized spacial score (nSPS) is 13.1. The lowest BCUT2D eigenvalue weighted by Crippen LogP contribution is -2.21. The SMILES string of the molecule is O=C1c2cccc(O)c2C(=O)c2c(O)cc(O)cc21. The van der Waals surface area contributed by atoms with Crippen LogP contribution < -0.4 is 0 Å². The predicted molar refractivity (Wildman–Crippen MR) is 64.7 cm³/mol. The predicted octanol–water partition coefficient (Wildman–Crippen LogP) is 1.58. The van der Waals surface area contributed by atoms with Crippen LogP contribution >= 0.6 is 0 Å². The summed E-state index contributed by atoms with van der Waals surface area (Å²) in [5, 5.41) is 28.8. The van der Waals surface area contributed by atoms with E-state index in [0.717, 1.165) is 12.1 Å². The molecule has 0 atom stereocenters. The summed E-state index contributed by atoms with van der Waals surface area (Å²) in [6.07, 6.45) is 0. The van der Waals surface area contributed by atoms with Gasteiger partial charge in [0, 0.05) is 17.2 Å². The first kappa shape index (κ1) is 11.3. The van der Waals surface area contributed by atoms with Crippen molar-refractivity contribution in [3.05, 3.63) is 52.6 Å². The Kier molecular flexibility index (Phi) is 2.13. The smallest absolute Gasteiger partial charge is 0.201 e. The molecule has 0 spiro atoms. The van der Waals surface area contributed by atoms with Gasteiger partial charge in [0.1, 0.15) is 17.2 Å². The summed E-state index contributed by atoms with van der Waals surface area (Å²) in [6.45, 7) is 0. The minimum Gasteiger partial charge on any atom is -0.508 e. The van der Waals surface area contributed by atoms with Gasteiger partial charge in [0.25, 0.3) is 0 Å². The van der Waals surface area contributed by atoms with Crippen LogP contribution in [0.25, 0.3) is 0 Å². The van der Waals surface area contributed by atoms with Crippen LogP contribution in [0.4, 0.5) is 0 Å². The summed E-state index contributed by atoms with van der Waals surface area (Å²) >= 11 is 0. The van der Waals surface area contributed by atoms with Crippen LogP contribution in [0.3, 0.4) is 0 Å². The molecule has 3 N–H and O–H groups in total. The molecule has 5 nitrogen and oxygen atoms in total. The van der Waals surface area contributed by atoms with Gasteiger partial charge in [0.05, 0.1) is 11.1 Å². The van der Waals surface area contributed by atoms with E-state index in [4.69, 9.17) is 0 Å². The van der Waals surface area contributed by atoms with Crippen molar-refractivity contribution in [1.29, 1.82) is 0 Å². The van der Waals surface area contributed by atoms with Gasteiger partial charge in [-0.1, -0.05) is 12.1 Å². The molecule has 0 heterocycles. The number of aromatic hydroxyl groups is 3. The molecule has 0 radical (unpaired) electrons. The molecule has 1 aliphatic carbocycles. The first-order valence-electron chi connectivity index (χ1n) is 5.48. The van der Waals surface area contributed by atoms with Crippen LogP contribution in [0.2, 0.25) is 0 Å². The lowest BCUT2D eigenvalue weighted by molar-refractivity contribution is 0.0974. The van der Waals surface area contributed by atoms with Crippen molar-refractivity contribution in [1.82, 2.24) is 0 Å². The number of phenolic OH excluding ortho intramolecular Hbond substituents is 3. The Morgan fingerprint density at radius 3 is 2.16 bits per heavy atom. The van der Waals surface area contributed by atoms with Gasteiger partial charge in [0.2, 0.25) is 5.78 Å². The summed E-state index contributed by atoms with van der Waals surface area (Å²) < 4.78 is 0. The van der Waals surface area contributed by atoms with Crippen molar-refractivity contribution >= 4 is 11.6 Å². The Morgan fingerprint density at radius 2 is 1.42 bits per heavy atom. The number of carbonyl (C=O) groups excluding carboxylic acids is 2. The quantitative estimate of drug-likeness (QED) is 0.567. The molecule has 0 aliphatic heterocycles. The Morgan fingerprint density at radius 1 is 0.737 bits per heavy atom. The minimum absolute atomic E-state index is 0.0579. The number of fused-ring (bicyclic) bond motifs is 2. The average molecular weight is 256 g/mol. The number of benzene rings is 2. The summed E-state index contributed by atoms with van der Waals surface area (Å²) in [5.41, 5.74) is -0.333. The average Bonchev–Trinajstić information content (AvgIpc) is 2.34. The van der Waals surface area contributed by atoms with E-state index in [1.165, 1.54) is 18.2 Å². The second-order valence-corrected chi connectivity index (χ2v) is 4.25. The van der Waals surface area contributed by atoms with Gasteiger partial charge < -0.3 is 15.3 Å². The van der Waals surface area contributed by atoms with E-state index in [2.05, 4.69) is 0 Å². The van der Waals surface area contributed by atoms with Gasteiger partial charge in [0.15, 0.2) is 5.78 Å². The van der Waals surface area contributed by atoms with E-state index >= 15 is 0 Å². The van der Waals surface area contributed by atoms with Crippen LogP contribution in [0.5, 0.6) is 17.2 Å². The van der Waals surface area contributed by atoms with Gasteiger partial charge >= 0.3 is 0 Å². The van der Waals surface area contributed by atoms with Gasteiger partial charge in [-0.2, -0.15) is 0 Å². The standard InChI is InChI=1S/C14H8O5/c15-6-4-8-12(10(17)5-6)14(19)11-7(13(8)18)2-1-3-9(11)16/h1-5,15-17H. The highest BCUT2D eigenvalue weighted by atomic mass is 16.3. The number of hydrogen-bond acceptors (Lipinski definition) is 5. The zero-order chi connectivity index (χ0) is 13.7. The van der Waals surface area contributed by atoms with Crippen molar-refractivity contribution in [3.63, 3.8) is 0 Å². The number of ketones is 2. The summed E-state index contributed by atoms with van der Waals surface area (Å²) in [6, 6.07) is 6.27. The molecule has 1 aliphatic rings. The Bertz CT molecular complexity index is 746. The summed E-state index contributed by atoms with van der Waals surface area (Å²) in [7, 11) is 0. The Balaban J connectivity index is 2.40. The molecule has 3 rings (SSSR count). The van der Waals surface area contributed by atoms with E-state index in [1.54, 1.807) is 0 Å². The first-order chi connectivity index (χ1) is 9.00. The van der Waals surface area contributed by atoms with E-state index in [1.807, 2.05) is 0 Å². The topological polar surface area (TPSA) is 94.8 Å². The third-order valence-electron chi connectivity index (χ3n) is 3.09. The number of rotatable bonds is 0.